The van der Waals surface area contributed by atoms with Gasteiger partial charge in [0, 0.05) is 16.3 Å². The molecule has 1 aromatic heterocycles. The van der Waals surface area contributed by atoms with Gasteiger partial charge < -0.3 is 5.32 Å². The predicted octanol–water partition coefficient (Wildman–Crippen LogP) is 5.02. The van der Waals surface area contributed by atoms with Crippen LogP contribution < -0.4 is 5.32 Å². The molecule has 26 heavy (non-hydrogen) atoms. The lowest BCUT2D eigenvalue weighted by atomic mass is 10.0. The van der Waals surface area contributed by atoms with E-state index in [0.717, 1.165) is 11.3 Å². The highest BCUT2D eigenvalue weighted by atomic mass is 35.5. The number of halogens is 1. The van der Waals surface area contributed by atoms with Gasteiger partial charge in [-0.3, -0.25) is 14.5 Å². The summed E-state index contributed by atoms with van der Waals surface area (Å²) in [4.78, 5) is 12.5. The van der Waals surface area contributed by atoms with Gasteiger partial charge in [0.05, 0.1) is 0 Å². The zero-order valence-electron chi connectivity index (χ0n) is 14.5. The number of anilines is 1. The zero-order valence-corrected chi connectivity index (χ0v) is 16.1. The maximum Gasteiger partial charge on any atom is 0.244 e. The first kappa shape index (κ1) is 18.4. The topological polar surface area (TPSA) is 62.7 Å². The summed E-state index contributed by atoms with van der Waals surface area (Å²) in [5.41, 5.74) is 2.77. The van der Waals surface area contributed by atoms with E-state index >= 15 is 0 Å². The molecule has 0 aliphatic carbocycles. The van der Waals surface area contributed by atoms with E-state index < -0.39 is 0 Å². The van der Waals surface area contributed by atoms with Crippen LogP contribution >= 0.6 is 23.8 Å². The summed E-state index contributed by atoms with van der Waals surface area (Å²) < 4.78 is 2.06. The van der Waals surface area contributed by atoms with Gasteiger partial charge in [-0.25, -0.2) is 0 Å². The lowest BCUT2D eigenvalue weighted by Gasteiger charge is -2.11. The normalized spacial score (nSPS) is 10.9. The van der Waals surface area contributed by atoms with Crippen molar-refractivity contribution in [2.24, 2.45) is 0 Å². The maximum atomic E-state index is 12.5. The van der Waals surface area contributed by atoms with Crippen LogP contribution in [0.3, 0.4) is 0 Å². The smallest absolute Gasteiger partial charge is 0.244 e. The van der Waals surface area contributed by atoms with Crippen molar-refractivity contribution in [1.29, 1.82) is 0 Å². The first-order valence-electron chi connectivity index (χ1n) is 8.25. The molecule has 1 heterocycles. The number of hydrogen-bond donors (Lipinski definition) is 2. The summed E-state index contributed by atoms with van der Waals surface area (Å²) in [5.74, 6) is 0.821. The second-order valence-electron chi connectivity index (χ2n) is 6.27. The maximum absolute atomic E-state index is 12.5. The molecule has 0 saturated carbocycles. The summed E-state index contributed by atoms with van der Waals surface area (Å²) in [7, 11) is 0. The van der Waals surface area contributed by atoms with Gasteiger partial charge in [-0.1, -0.05) is 37.6 Å². The molecule has 0 saturated heterocycles. The minimum atomic E-state index is -0.168. The number of aromatic nitrogens is 3. The minimum Gasteiger partial charge on any atom is -0.325 e. The van der Waals surface area contributed by atoms with Crippen LogP contribution in [0.15, 0.2) is 48.5 Å². The van der Waals surface area contributed by atoms with E-state index in [9.17, 15) is 4.79 Å². The van der Waals surface area contributed by atoms with Crippen molar-refractivity contribution in [3.63, 3.8) is 0 Å². The fourth-order valence-electron chi connectivity index (χ4n) is 2.60. The monoisotopic (exact) mass is 386 g/mol. The molecular weight excluding hydrogens is 368 g/mol. The standard InChI is InChI=1S/C19H19ClN4OS/c1-12(2)14-4-3-5-16(10-14)21-17(25)11-24-18(22-23-19(24)26)13-6-8-15(20)9-7-13/h3-10,12H,11H2,1-2H3,(H,21,25)(H,23,26). The quantitative estimate of drug-likeness (QED) is 0.605. The Morgan fingerprint density at radius 3 is 2.69 bits per heavy atom. The molecule has 3 aromatic rings. The SMILES string of the molecule is CC(C)c1cccc(NC(=O)Cn2c(-c3ccc(Cl)cc3)n[nH]c2=S)c1. The highest BCUT2D eigenvalue weighted by molar-refractivity contribution is 7.71. The first-order valence-corrected chi connectivity index (χ1v) is 9.03. The predicted molar refractivity (Wildman–Crippen MR) is 107 cm³/mol. The zero-order chi connectivity index (χ0) is 18.7. The van der Waals surface area contributed by atoms with E-state index in [4.69, 9.17) is 23.8 Å². The van der Waals surface area contributed by atoms with E-state index in [0.29, 0.717) is 21.5 Å². The number of aromatic amines is 1. The molecule has 0 bridgehead atoms. The van der Waals surface area contributed by atoms with Gasteiger partial charge in [0.1, 0.15) is 6.54 Å². The number of H-pyrrole nitrogens is 1. The van der Waals surface area contributed by atoms with Crippen molar-refractivity contribution in [3.8, 4) is 11.4 Å². The summed E-state index contributed by atoms with van der Waals surface area (Å²) in [5, 5.41) is 10.5. The largest absolute Gasteiger partial charge is 0.325 e. The summed E-state index contributed by atoms with van der Waals surface area (Å²) in [6.45, 7) is 4.30. The highest BCUT2D eigenvalue weighted by Crippen LogP contribution is 2.21. The van der Waals surface area contributed by atoms with Gasteiger partial charge in [-0.05, 0) is 60.1 Å². The van der Waals surface area contributed by atoms with Crippen molar-refractivity contribution >= 4 is 35.4 Å². The van der Waals surface area contributed by atoms with Crippen LogP contribution in [0.5, 0.6) is 0 Å². The van der Waals surface area contributed by atoms with Crippen molar-refractivity contribution in [1.82, 2.24) is 14.8 Å². The summed E-state index contributed by atoms with van der Waals surface area (Å²) in [6.07, 6.45) is 0. The van der Waals surface area contributed by atoms with E-state index in [1.54, 1.807) is 16.7 Å². The van der Waals surface area contributed by atoms with Gasteiger partial charge in [0.25, 0.3) is 0 Å². The van der Waals surface area contributed by atoms with E-state index in [1.807, 2.05) is 36.4 Å². The van der Waals surface area contributed by atoms with Crippen molar-refractivity contribution < 1.29 is 4.79 Å². The molecule has 0 radical (unpaired) electrons. The first-order chi connectivity index (χ1) is 12.4. The van der Waals surface area contributed by atoms with E-state index in [-0.39, 0.29) is 12.5 Å². The molecule has 0 unspecified atom stereocenters. The molecule has 7 heteroatoms. The third-order valence-electron chi connectivity index (χ3n) is 4.00. The second kappa shape index (κ2) is 7.85. The van der Waals surface area contributed by atoms with Crippen LogP contribution in [-0.2, 0) is 11.3 Å². The Kier molecular flexibility index (Phi) is 5.54. The molecule has 0 fully saturated rings. The van der Waals surface area contributed by atoms with Crippen molar-refractivity contribution in [2.75, 3.05) is 5.32 Å². The molecule has 2 N–H and O–H groups in total. The minimum absolute atomic E-state index is 0.0687. The van der Waals surface area contributed by atoms with E-state index in [1.165, 1.54) is 5.56 Å². The molecule has 0 aliphatic rings. The molecule has 0 spiro atoms. The lowest BCUT2D eigenvalue weighted by molar-refractivity contribution is -0.116. The van der Waals surface area contributed by atoms with Crippen molar-refractivity contribution in [2.45, 2.75) is 26.3 Å². The Morgan fingerprint density at radius 1 is 1.27 bits per heavy atom. The van der Waals surface area contributed by atoms with Gasteiger partial charge in [0.2, 0.25) is 5.91 Å². The molecule has 134 valence electrons. The Labute approximate surface area is 162 Å². The highest BCUT2D eigenvalue weighted by Gasteiger charge is 2.13. The van der Waals surface area contributed by atoms with Gasteiger partial charge in [-0.2, -0.15) is 5.10 Å². The number of carbonyl (C=O) groups excluding carboxylic acids is 1. The van der Waals surface area contributed by atoms with Crippen LogP contribution in [0.25, 0.3) is 11.4 Å². The van der Waals surface area contributed by atoms with Crippen LogP contribution in [0, 0.1) is 4.77 Å². The van der Waals surface area contributed by atoms with Gasteiger partial charge >= 0.3 is 0 Å². The Bertz CT molecular complexity index is 976. The number of hydrogen-bond acceptors (Lipinski definition) is 3. The average Bonchev–Trinajstić information content (AvgIpc) is 2.96. The van der Waals surface area contributed by atoms with Crippen LogP contribution in [0.2, 0.25) is 5.02 Å². The Balaban J connectivity index is 1.80. The number of rotatable bonds is 5. The molecule has 2 aromatic carbocycles. The Morgan fingerprint density at radius 2 is 2.00 bits per heavy atom. The number of benzene rings is 2. The summed E-state index contributed by atoms with van der Waals surface area (Å²) in [6, 6.07) is 15.1. The number of nitrogens with zero attached hydrogens (tertiary/aromatic N) is 2. The van der Waals surface area contributed by atoms with Crippen LogP contribution in [0.4, 0.5) is 5.69 Å². The average molecular weight is 387 g/mol. The number of carbonyl (C=O) groups is 1. The molecular formula is C19H19ClN4OS. The summed E-state index contributed by atoms with van der Waals surface area (Å²) >= 11 is 11.2. The second-order valence-corrected chi connectivity index (χ2v) is 7.10. The van der Waals surface area contributed by atoms with Gasteiger partial charge in [-0.15, -0.1) is 0 Å². The third kappa shape index (κ3) is 4.20. The van der Waals surface area contributed by atoms with E-state index in [2.05, 4.69) is 29.4 Å². The molecule has 0 atom stereocenters. The molecule has 5 nitrogen and oxygen atoms in total. The van der Waals surface area contributed by atoms with Crippen LogP contribution in [0.1, 0.15) is 25.3 Å². The number of nitrogens with one attached hydrogen (secondary N) is 2. The fraction of sp³-hybridized carbons (Fsp3) is 0.211. The van der Waals surface area contributed by atoms with Crippen LogP contribution in [-0.4, -0.2) is 20.7 Å². The number of amides is 1. The molecule has 1 amide bonds. The van der Waals surface area contributed by atoms with Crippen molar-refractivity contribution in [3.05, 3.63) is 63.9 Å². The fourth-order valence-corrected chi connectivity index (χ4v) is 2.93. The van der Waals surface area contributed by atoms with Gasteiger partial charge in [0.15, 0.2) is 10.6 Å². The molecule has 3 rings (SSSR count). The lowest BCUT2D eigenvalue weighted by Crippen LogP contribution is -2.19. The molecule has 0 aliphatic heterocycles. The third-order valence-corrected chi connectivity index (χ3v) is 4.56. The Hall–Kier alpha value is -2.44.